The minimum absolute atomic E-state index is 0.0936. The third-order valence-corrected chi connectivity index (χ3v) is 2.78. The molecule has 3 N–H and O–H groups in total. The number of benzene rings is 1. The fourth-order valence-electron chi connectivity index (χ4n) is 1.81. The molecule has 0 aliphatic rings. The van der Waals surface area contributed by atoms with E-state index in [9.17, 15) is 19.1 Å². The molecule has 0 saturated heterocycles. The molecular formula is C14H10BFN2O4. The highest BCUT2D eigenvalue weighted by Crippen LogP contribution is 2.23. The van der Waals surface area contributed by atoms with E-state index in [1.165, 1.54) is 24.3 Å². The first-order chi connectivity index (χ1) is 10.4. The lowest BCUT2D eigenvalue weighted by atomic mass is 9.92. The number of rotatable bonds is 4. The average Bonchev–Trinajstić information content (AvgIpc) is 2.46. The SMILES string of the molecule is [B]c1nc(C(=O)NCC(=O)O)c(O)cc1-c1cccc(F)c1. The van der Waals surface area contributed by atoms with Crippen LogP contribution < -0.4 is 10.9 Å². The van der Waals surface area contributed by atoms with E-state index >= 15 is 0 Å². The van der Waals surface area contributed by atoms with Crippen LogP contribution in [0.2, 0.25) is 0 Å². The van der Waals surface area contributed by atoms with Crippen LogP contribution in [0.5, 0.6) is 5.75 Å². The van der Waals surface area contributed by atoms with Crippen LogP contribution >= 0.6 is 0 Å². The fourth-order valence-corrected chi connectivity index (χ4v) is 1.81. The van der Waals surface area contributed by atoms with Gasteiger partial charge in [-0.25, -0.2) is 4.39 Å². The van der Waals surface area contributed by atoms with Crippen LogP contribution in [0, 0.1) is 5.82 Å². The standard InChI is InChI=1S/C14H10BFN2O4/c15-13-9(7-2-1-3-8(16)4-7)5-10(19)12(18-13)14(22)17-6-11(20)21/h1-5,19H,6H2,(H,17,22)(H,20,21). The Morgan fingerprint density at radius 1 is 1.32 bits per heavy atom. The van der Waals surface area contributed by atoms with Crippen molar-refractivity contribution in [1.82, 2.24) is 10.3 Å². The summed E-state index contributed by atoms with van der Waals surface area (Å²) in [6, 6.07) is 6.67. The molecule has 6 nitrogen and oxygen atoms in total. The first-order valence-corrected chi connectivity index (χ1v) is 6.14. The smallest absolute Gasteiger partial charge is 0.322 e. The molecule has 2 radical (unpaired) electrons. The van der Waals surface area contributed by atoms with Crippen molar-refractivity contribution < 1.29 is 24.2 Å². The van der Waals surface area contributed by atoms with Crippen LogP contribution in [0.4, 0.5) is 4.39 Å². The first kappa shape index (κ1) is 15.5. The second-order valence-corrected chi connectivity index (χ2v) is 4.38. The molecule has 0 saturated carbocycles. The summed E-state index contributed by atoms with van der Waals surface area (Å²) in [5.41, 5.74) is 0.146. The predicted molar refractivity (Wildman–Crippen MR) is 76.7 cm³/mol. The van der Waals surface area contributed by atoms with Gasteiger partial charge in [0.1, 0.15) is 26.0 Å². The van der Waals surface area contributed by atoms with Crippen molar-refractivity contribution in [3.05, 3.63) is 41.8 Å². The molecule has 1 amide bonds. The minimum atomic E-state index is -1.24. The van der Waals surface area contributed by atoms with Crippen molar-refractivity contribution in [3.63, 3.8) is 0 Å². The second kappa shape index (κ2) is 6.25. The minimum Gasteiger partial charge on any atom is -0.505 e. The zero-order valence-electron chi connectivity index (χ0n) is 11.2. The van der Waals surface area contributed by atoms with Gasteiger partial charge in [0, 0.05) is 0 Å². The van der Waals surface area contributed by atoms with Gasteiger partial charge in [-0.15, -0.1) is 0 Å². The van der Waals surface area contributed by atoms with Crippen LogP contribution in [-0.2, 0) is 4.79 Å². The van der Waals surface area contributed by atoms with Crippen molar-refractivity contribution in [2.24, 2.45) is 0 Å². The number of aliphatic carboxylic acids is 1. The van der Waals surface area contributed by atoms with Crippen LogP contribution in [0.15, 0.2) is 30.3 Å². The lowest BCUT2D eigenvalue weighted by molar-refractivity contribution is -0.135. The van der Waals surface area contributed by atoms with Gasteiger partial charge in [0.25, 0.3) is 5.91 Å². The molecule has 110 valence electrons. The number of carbonyl (C=O) groups is 2. The third-order valence-electron chi connectivity index (χ3n) is 2.78. The van der Waals surface area contributed by atoms with E-state index in [2.05, 4.69) is 10.3 Å². The molecule has 0 spiro atoms. The molecule has 1 aromatic heterocycles. The maximum absolute atomic E-state index is 13.2. The van der Waals surface area contributed by atoms with Crippen LogP contribution in [0.3, 0.4) is 0 Å². The number of pyridine rings is 1. The van der Waals surface area contributed by atoms with E-state index in [4.69, 9.17) is 13.0 Å². The van der Waals surface area contributed by atoms with E-state index in [-0.39, 0.29) is 11.2 Å². The quantitative estimate of drug-likeness (QED) is 0.701. The number of amides is 1. The number of hydrogen-bond donors (Lipinski definition) is 3. The Kier molecular flexibility index (Phi) is 4.40. The van der Waals surface area contributed by atoms with E-state index in [1.807, 2.05) is 0 Å². The topological polar surface area (TPSA) is 99.5 Å². The fraction of sp³-hybridized carbons (Fsp3) is 0.0714. The number of aromatic nitrogens is 1. The summed E-state index contributed by atoms with van der Waals surface area (Å²) < 4.78 is 13.2. The van der Waals surface area contributed by atoms with Crippen molar-refractivity contribution in [1.29, 1.82) is 0 Å². The van der Waals surface area contributed by atoms with Crippen LogP contribution in [0.1, 0.15) is 10.5 Å². The Morgan fingerprint density at radius 2 is 2.05 bits per heavy atom. The van der Waals surface area contributed by atoms with Gasteiger partial charge in [-0.3, -0.25) is 14.6 Å². The number of carboxylic acids is 1. The Balaban J connectivity index is 2.36. The van der Waals surface area contributed by atoms with E-state index < -0.39 is 35.7 Å². The summed E-state index contributed by atoms with van der Waals surface area (Å²) in [6.45, 7) is -0.620. The van der Waals surface area contributed by atoms with E-state index in [0.29, 0.717) is 5.56 Å². The normalized spacial score (nSPS) is 10.2. The van der Waals surface area contributed by atoms with Gasteiger partial charge in [-0.05, 0) is 34.9 Å². The summed E-state index contributed by atoms with van der Waals surface area (Å²) in [5, 5.41) is 20.4. The zero-order chi connectivity index (χ0) is 16.3. The van der Waals surface area contributed by atoms with Gasteiger partial charge >= 0.3 is 5.97 Å². The number of aromatic hydroxyl groups is 1. The Hall–Kier alpha value is -2.90. The van der Waals surface area contributed by atoms with E-state index in [0.717, 1.165) is 0 Å². The van der Waals surface area contributed by atoms with Crippen LogP contribution in [0.25, 0.3) is 11.1 Å². The summed E-state index contributed by atoms with van der Waals surface area (Å²) >= 11 is 0. The van der Waals surface area contributed by atoms with Crippen molar-refractivity contribution >= 4 is 25.3 Å². The highest BCUT2D eigenvalue weighted by atomic mass is 19.1. The average molecular weight is 300 g/mol. The highest BCUT2D eigenvalue weighted by Gasteiger charge is 2.17. The number of halogens is 1. The molecule has 2 rings (SSSR count). The van der Waals surface area contributed by atoms with Crippen molar-refractivity contribution in [3.8, 4) is 16.9 Å². The van der Waals surface area contributed by atoms with Crippen LogP contribution in [-0.4, -0.2) is 41.5 Å². The maximum Gasteiger partial charge on any atom is 0.322 e. The summed E-state index contributed by atoms with van der Waals surface area (Å²) in [4.78, 5) is 25.9. The summed E-state index contributed by atoms with van der Waals surface area (Å²) in [7, 11) is 5.73. The molecule has 22 heavy (non-hydrogen) atoms. The Morgan fingerprint density at radius 3 is 2.68 bits per heavy atom. The van der Waals surface area contributed by atoms with Gasteiger partial charge in [0.05, 0.1) is 0 Å². The molecule has 0 fully saturated rings. The molecule has 0 bridgehead atoms. The lowest BCUT2D eigenvalue weighted by Crippen LogP contribution is -2.31. The van der Waals surface area contributed by atoms with Crippen molar-refractivity contribution in [2.45, 2.75) is 0 Å². The highest BCUT2D eigenvalue weighted by molar-refractivity contribution is 6.34. The molecule has 1 aromatic carbocycles. The monoisotopic (exact) mass is 300 g/mol. The molecule has 2 aromatic rings. The number of hydrogen-bond acceptors (Lipinski definition) is 4. The molecule has 8 heteroatoms. The van der Waals surface area contributed by atoms with Gasteiger partial charge in [-0.2, -0.15) is 0 Å². The second-order valence-electron chi connectivity index (χ2n) is 4.38. The first-order valence-electron chi connectivity index (χ1n) is 6.14. The lowest BCUT2D eigenvalue weighted by Gasteiger charge is -2.10. The predicted octanol–water partition coefficient (Wildman–Crippen LogP) is 0.202. The number of carbonyl (C=O) groups excluding carboxylic acids is 1. The Labute approximate surface area is 126 Å². The zero-order valence-corrected chi connectivity index (χ0v) is 11.2. The van der Waals surface area contributed by atoms with E-state index in [1.54, 1.807) is 6.07 Å². The summed E-state index contributed by atoms with van der Waals surface area (Å²) in [5.74, 6) is -3.09. The Bertz CT molecular complexity index is 752. The van der Waals surface area contributed by atoms with Gasteiger partial charge in [0.2, 0.25) is 0 Å². The third kappa shape index (κ3) is 3.40. The van der Waals surface area contributed by atoms with Crippen molar-refractivity contribution in [2.75, 3.05) is 6.54 Å². The number of nitrogens with zero attached hydrogens (tertiary/aromatic N) is 1. The van der Waals surface area contributed by atoms with Gasteiger partial charge < -0.3 is 15.5 Å². The molecule has 0 aliphatic heterocycles. The molecule has 0 aliphatic carbocycles. The molecular weight excluding hydrogens is 290 g/mol. The molecule has 0 atom stereocenters. The van der Waals surface area contributed by atoms with Gasteiger partial charge in [-0.1, -0.05) is 12.1 Å². The molecule has 1 heterocycles. The van der Waals surface area contributed by atoms with Gasteiger partial charge in [0.15, 0.2) is 5.69 Å². The maximum atomic E-state index is 13.2. The largest absolute Gasteiger partial charge is 0.505 e. The number of carboxylic acid groups (broad SMARTS) is 1. The molecule has 0 unspecified atom stereocenters. The number of nitrogens with one attached hydrogen (secondary N) is 1. The summed E-state index contributed by atoms with van der Waals surface area (Å²) in [6.07, 6.45) is 0.